The van der Waals surface area contributed by atoms with E-state index in [1.165, 1.54) is 25.0 Å². The third-order valence-electron chi connectivity index (χ3n) is 5.24. The fraction of sp³-hybridized carbons (Fsp3) is 0.667. The summed E-state index contributed by atoms with van der Waals surface area (Å²) in [5, 5.41) is 0. The third kappa shape index (κ3) is 4.70. The van der Waals surface area contributed by atoms with Crippen molar-refractivity contribution in [2.75, 3.05) is 38.2 Å². The van der Waals surface area contributed by atoms with Crippen LogP contribution in [0.4, 0.5) is 0 Å². The first-order chi connectivity index (χ1) is 12.0. The van der Waals surface area contributed by atoms with Gasteiger partial charge in [-0.1, -0.05) is 6.07 Å². The number of ether oxygens (including phenoxy) is 1. The van der Waals surface area contributed by atoms with Crippen molar-refractivity contribution in [3.05, 3.63) is 23.8 Å². The highest BCUT2D eigenvalue weighted by Gasteiger charge is 2.28. The standard InChI is InChI=1S/C18H28N2O3S2/c1-14-3-4-17(23-2)18(11-14)25(21,22)19-12-15-5-8-20(9-6-15)16-7-10-24-13-16/h3-4,11,15-16,19H,5-10,12-13H2,1-2H3. The zero-order valence-electron chi connectivity index (χ0n) is 15.0. The number of sulfonamides is 1. The molecule has 1 atom stereocenters. The first kappa shape index (κ1) is 19.0. The van der Waals surface area contributed by atoms with E-state index in [2.05, 4.69) is 9.62 Å². The number of benzene rings is 1. The lowest BCUT2D eigenvalue weighted by Gasteiger charge is -2.35. The summed E-state index contributed by atoms with van der Waals surface area (Å²) in [6.07, 6.45) is 3.43. The molecule has 2 saturated heterocycles. The molecule has 1 aromatic carbocycles. The average molecular weight is 385 g/mol. The highest BCUT2D eigenvalue weighted by molar-refractivity contribution is 7.99. The lowest BCUT2D eigenvalue weighted by molar-refractivity contribution is 0.145. The molecule has 2 aliphatic rings. The number of nitrogens with zero attached hydrogens (tertiary/aromatic N) is 1. The Morgan fingerprint density at radius 2 is 2.04 bits per heavy atom. The van der Waals surface area contributed by atoms with Crippen molar-refractivity contribution in [3.8, 4) is 5.75 Å². The predicted octanol–water partition coefficient (Wildman–Crippen LogP) is 2.50. The van der Waals surface area contributed by atoms with Crippen molar-refractivity contribution in [1.29, 1.82) is 0 Å². The molecule has 0 amide bonds. The minimum atomic E-state index is -3.55. The van der Waals surface area contributed by atoms with Gasteiger partial charge in [-0.3, -0.25) is 4.90 Å². The number of hydrogen-bond acceptors (Lipinski definition) is 5. The van der Waals surface area contributed by atoms with Gasteiger partial charge in [-0.2, -0.15) is 11.8 Å². The molecule has 1 unspecified atom stereocenters. The molecule has 25 heavy (non-hydrogen) atoms. The van der Waals surface area contributed by atoms with Crippen molar-refractivity contribution in [1.82, 2.24) is 9.62 Å². The van der Waals surface area contributed by atoms with Gasteiger partial charge in [-0.05, 0) is 68.6 Å². The predicted molar refractivity (Wildman–Crippen MR) is 103 cm³/mol. The van der Waals surface area contributed by atoms with E-state index in [0.29, 0.717) is 18.2 Å². The van der Waals surface area contributed by atoms with Gasteiger partial charge in [0.2, 0.25) is 10.0 Å². The molecule has 0 saturated carbocycles. The lowest BCUT2D eigenvalue weighted by Crippen LogP contribution is -2.43. The SMILES string of the molecule is COc1ccc(C)cc1S(=O)(=O)NCC1CCN(C2CCSC2)CC1. The van der Waals surface area contributed by atoms with Gasteiger partial charge in [0, 0.05) is 18.3 Å². The van der Waals surface area contributed by atoms with Crippen LogP contribution in [0, 0.1) is 12.8 Å². The van der Waals surface area contributed by atoms with Crippen molar-refractivity contribution < 1.29 is 13.2 Å². The largest absolute Gasteiger partial charge is 0.495 e. The lowest BCUT2D eigenvalue weighted by atomic mass is 9.96. The van der Waals surface area contributed by atoms with Crippen molar-refractivity contribution in [2.24, 2.45) is 5.92 Å². The van der Waals surface area contributed by atoms with Crippen LogP contribution >= 0.6 is 11.8 Å². The van der Waals surface area contributed by atoms with Crippen molar-refractivity contribution in [2.45, 2.75) is 37.1 Å². The second kappa shape index (κ2) is 8.29. The Balaban J connectivity index is 1.55. The quantitative estimate of drug-likeness (QED) is 0.817. The van der Waals surface area contributed by atoms with E-state index >= 15 is 0 Å². The Morgan fingerprint density at radius 3 is 2.68 bits per heavy atom. The Hall–Kier alpha value is -0.760. The van der Waals surface area contributed by atoms with Gasteiger partial charge in [-0.15, -0.1) is 0 Å². The Labute approximate surface area is 155 Å². The van der Waals surface area contributed by atoms with Gasteiger partial charge in [-0.25, -0.2) is 13.1 Å². The third-order valence-corrected chi connectivity index (χ3v) is 7.83. The summed E-state index contributed by atoms with van der Waals surface area (Å²) in [5.41, 5.74) is 0.906. The Kier molecular flexibility index (Phi) is 6.30. The molecule has 0 spiro atoms. The fourth-order valence-corrected chi connectivity index (χ4v) is 6.25. The number of rotatable bonds is 6. The topological polar surface area (TPSA) is 58.6 Å². The van der Waals surface area contributed by atoms with Crippen molar-refractivity contribution >= 4 is 21.8 Å². The maximum absolute atomic E-state index is 12.7. The summed E-state index contributed by atoms with van der Waals surface area (Å²) in [7, 11) is -2.05. The summed E-state index contributed by atoms with van der Waals surface area (Å²) >= 11 is 2.05. The molecule has 1 aromatic rings. The molecule has 2 aliphatic heterocycles. The van der Waals surface area contributed by atoms with E-state index in [-0.39, 0.29) is 4.90 Å². The molecule has 5 nitrogen and oxygen atoms in total. The minimum Gasteiger partial charge on any atom is -0.495 e. The van der Waals surface area contributed by atoms with Crippen LogP contribution in [0.25, 0.3) is 0 Å². The van der Waals surface area contributed by atoms with Crippen LogP contribution in [0.1, 0.15) is 24.8 Å². The molecule has 140 valence electrons. The zero-order chi connectivity index (χ0) is 17.9. The first-order valence-corrected chi connectivity index (χ1v) is 11.6. The zero-order valence-corrected chi connectivity index (χ0v) is 16.7. The summed E-state index contributed by atoms with van der Waals surface area (Å²) in [6, 6.07) is 5.97. The van der Waals surface area contributed by atoms with E-state index in [0.717, 1.165) is 37.5 Å². The summed E-state index contributed by atoms with van der Waals surface area (Å²) in [5.74, 6) is 3.34. The molecule has 0 bridgehead atoms. The van der Waals surface area contributed by atoms with Gasteiger partial charge in [0.1, 0.15) is 10.6 Å². The van der Waals surface area contributed by atoms with Gasteiger partial charge >= 0.3 is 0 Å². The average Bonchev–Trinajstić information content (AvgIpc) is 3.15. The molecule has 0 aliphatic carbocycles. The minimum absolute atomic E-state index is 0.232. The summed E-state index contributed by atoms with van der Waals surface area (Å²) < 4.78 is 33.4. The molecule has 2 fully saturated rings. The highest BCUT2D eigenvalue weighted by atomic mass is 32.2. The van der Waals surface area contributed by atoms with Crippen molar-refractivity contribution in [3.63, 3.8) is 0 Å². The molecular weight excluding hydrogens is 356 g/mol. The van der Waals surface area contributed by atoms with Crippen LogP contribution in [0.15, 0.2) is 23.1 Å². The second-order valence-electron chi connectivity index (χ2n) is 7.00. The highest BCUT2D eigenvalue weighted by Crippen LogP contribution is 2.28. The van der Waals surface area contributed by atoms with E-state index < -0.39 is 10.0 Å². The number of piperidine rings is 1. The molecule has 2 heterocycles. The van der Waals surface area contributed by atoms with E-state index in [1.54, 1.807) is 12.1 Å². The monoisotopic (exact) mass is 384 g/mol. The van der Waals surface area contributed by atoms with Crippen LogP contribution in [0.5, 0.6) is 5.75 Å². The molecule has 7 heteroatoms. The number of methoxy groups -OCH3 is 1. The number of likely N-dealkylation sites (tertiary alicyclic amines) is 1. The Bertz CT molecular complexity index is 680. The van der Waals surface area contributed by atoms with Gasteiger partial charge < -0.3 is 4.74 Å². The number of thioether (sulfide) groups is 1. The maximum Gasteiger partial charge on any atom is 0.244 e. The van der Waals surface area contributed by atoms with E-state index in [9.17, 15) is 8.42 Å². The number of nitrogens with one attached hydrogen (secondary N) is 1. The number of aryl methyl sites for hydroxylation is 1. The normalized spacial score (nSPS) is 23.0. The van der Waals surface area contributed by atoms with Crippen LogP contribution in [0.3, 0.4) is 0 Å². The summed E-state index contributed by atoms with van der Waals surface area (Å²) in [6.45, 7) is 4.57. The number of hydrogen-bond donors (Lipinski definition) is 1. The summed E-state index contributed by atoms with van der Waals surface area (Å²) in [4.78, 5) is 2.82. The molecule has 1 N–H and O–H groups in total. The molecule has 0 radical (unpaired) electrons. The van der Waals surface area contributed by atoms with E-state index in [4.69, 9.17) is 4.74 Å². The maximum atomic E-state index is 12.7. The molecular formula is C18H28N2O3S2. The van der Waals surface area contributed by atoms with Gasteiger partial charge in [0.15, 0.2) is 0 Å². The van der Waals surface area contributed by atoms with Crippen LogP contribution < -0.4 is 9.46 Å². The van der Waals surface area contributed by atoms with Crippen LogP contribution in [-0.2, 0) is 10.0 Å². The first-order valence-electron chi connectivity index (χ1n) is 8.95. The molecule has 0 aromatic heterocycles. The van der Waals surface area contributed by atoms with Gasteiger partial charge in [0.25, 0.3) is 0 Å². The van der Waals surface area contributed by atoms with Gasteiger partial charge in [0.05, 0.1) is 7.11 Å². The smallest absolute Gasteiger partial charge is 0.244 e. The van der Waals surface area contributed by atoms with E-state index in [1.807, 2.05) is 24.8 Å². The second-order valence-corrected chi connectivity index (χ2v) is 9.89. The van der Waals surface area contributed by atoms with Crippen LogP contribution in [-0.4, -0.2) is 57.6 Å². The van der Waals surface area contributed by atoms with Crippen LogP contribution in [0.2, 0.25) is 0 Å². The fourth-order valence-electron chi connectivity index (χ4n) is 3.63. The Morgan fingerprint density at radius 1 is 1.28 bits per heavy atom. The molecule has 3 rings (SSSR count).